The van der Waals surface area contributed by atoms with Crippen LogP contribution in [0.3, 0.4) is 0 Å². The van der Waals surface area contributed by atoms with Gasteiger partial charge in [0.1, 0.15) is 0 Å². The number of nitrogens with zero attached hydrogens (tertiary/aromatic N) is 2. The molecule has 0 spiro atoms. The molecule has 8 heteroatoms. The zero-order valence-electron chi connectivity index (χ0n) is 15.9. The SMILES string of the molecule is CCOc1cc(C#N)ccc1OCC(=O)Nc1ccc(N2CCCC2=O)c(Cl)c1. The lowest BCUT2D eigenvalue weighted by atomic mass is 10.2. The largest absolute Gasteiger partial charge is 0.490 e. The highest BCUT2D eigenvalue weighted by Crippen LogP contribution is 2.32. The van der Waals surface area contributed by atoms with Crippen molar-refractivity contribution < 1.29 is 19.1 Å². The first kappa shape index (κ1) is 20.5. The van der Waals surface area contributed by atoms with Crippen LogP contribution in [0, 0.1) is 11.3 Å². The maximum Gasteiger partial charge on any atom is 0.262 e. The fourth-order valence-electron chi connectivity index (χ4n) is 3.01. The molecule has 0 radical (unpaired) electrons. The first-order valence-electron chi connectivity index (χ1n) is 9.21. The van der Waals surface area contributed by atoms with Crippen LogP contribution in [0.4, 0.5) is 11.4 Å². The summed E-state index contributed by atoms with van der Waals surface area (Å²) < 4.78 is 11.0. The normalized spacial score (nSPS) is 13.1. The lowest BCUT2D eigenvalue weighted by molar-refractivity contribution is -0.118. The second-order valence-electron chi connectivity index (χ2n) is 6.36. The monoisotopic (exact) mass is 413 g/mol. The first-order valence-corrected chi connectivity index (χ1v) is 9.59. The number of nitriles is 1. The Morgan fingerprint density at radius 3 is 2.72 bits per heavy atom. The molecule has 7 nitrogen and oxygen atoms in total. The molecular formula is C21H20ClN3O4. The van der Waals surface area contributed by atoms with E-state index in [1.54, 1.807) is 41.3 Å². The fraction of sp³-hybridized carbons (Fsp3) is 0.286. The minimum atomic E-state index is -0.377. The van der Waals surface area contributed by atoms with Crippen LogP contribution in [0.1, 0.15) is 25.3 Å². The van der Waals surface area contributed by atoms with Crippen molar-refractivity contribution in [3.05, 3.63) is 47.0 Å². The first-order chi connectivity index (χ1) is 14.0. The number of hydrogen-bond acceptors (Lipinski definition) is 5. The summed E-state index contributed by atoms with van der Waals surface area (Å²) in [6.45, 7) is 2.63. The van der Waals surface area contributed by atoms with Crippen molar-refractivity contribution >= 4 is 34.8 Å². The minimum Gasteiger partial charge on any atom is -0.490 e. The van der Waals surface area contributed by atoms with E-state index in [9.17, 15) is 9.59 Å². The third-order valence-electron chi connectivity index (χ3n) is 4.33. The van der Waals surface area contributed by atoms with Crippen LogP contribution in [-0.4, -0.2) is 31.6 Å². The zero-order valence-corrected chi connectivity index (χ0v) is 16.7. The topological polar surface area (TPSA) is 91.7 Å². The summed E-state index contributed by atoms with van der Waals surface area (Å²) in [6.07, 6.45) is 1.33. The number of rotatable bonds is 7. The predicted molar refractivity (Wildman–Crippen MR) is 109 cm³/mol. The van der Waals surface area contributed by atoms with Gasteiger partial charge in [-0.2, -0.15) is 5.26 Å². The quantitative estimate of drug-likeness (QED) is 0.746. The Balaban J connectivity index is 1.62. The van der Waals surface area contributed by atoms with Crippen LogP contribution in [0.25, 0.3) is 0 Å². The van der Waals surface area contributed by atoms with E-state index in [4.69, 9.17) is 26.3 Å². The van der Waals surface area contributed by atoms with Gasteiger partial charge in [-0.1, -0.05) is 11.6 Å². The standard InChI is InChI=1S/C21H20ClN3O4/c1-2-28-19-10-14(12-23)5-8-18(19)29-13-20(26)24-15-6-7-17(16(22)11-15)25-9-3-4-21(25)27/h5-8,10-11H,2-4,9,13H2,1H3,(H,24,26). The van der Waals surface area contributed by atoms with Crippen LogP contribution >= 0.6 is 11.6 Å². The summed E-state index contributed by atoms with van der Waals surface area (Å²) in [5.74, 6) is 0.450. The van der Waals surface area contributed by atoms with Crippen LogP contribution in [0.15, 0.2) is 36.4 Å². The van der Waals surface area contributed by atoms with Gasteiger partial charge in [0.05, 0.1) is 28.9 Å². The molecule has 0 bridgehead atoms. The molecule has 3 rings (SSSR count). The highest BCUT2D eigenvalue weighted by molar-refractivity contribution is 6.34. The van der Waals surface area contributed by atoms with Crippen molar-refractivity contribution in [2.75, 3.05) is 30.0 Å². The van der Waals surface area contributed by atoms with Gasteiger partial charge in [0.25, 0.3) is 5.91 Å². The number of nitrogens with one attached hydrogen (secondary N) is 1. The molecule has 0 atom stereocenters. The number of benzene rings is 2. The zero-order chi connectivity index (χ0) is 20.8. The molecule has 1 aliphatic heterocycles. The van der Waals surface area contributed by atoms with Gasteiger partial charge in [-0.25, -0.2) is 0 Å². The van der Waals surface area contributed by atoms with Crippen molar-refractivity contribution in [1.29, 1.82) is 5.26 Å². The molecule has 29 heavy (non-hydrogen) atoms. The summed E-state index contributed by atoms with van der Waals surface area (Å²) in [6, 6.07) is 11.8. The van der Waals surface area contributed by atoms with E-state index in [2.05, 4.69) is 5.32 Å². The van der Waals surface area contributed by atoms with Crippen molar-refractivity contribution in [3.63, 3.8) is 0 Å². The molecule has 0 aromatic heterocycles. The van der Waals surface area contributed by atoms with Gasteiger partial charge in [-0.15, -0.1) is 0 Å². The Morgan fingerprint density at radius 2 is 2.07 bits per heavy atom. The number of halogens is 1. The summed E-state index contributed by atoms with van der Waals surface area (Å²) in [5, 5.41) is 12.1. The van der Waals surface area contributed by atoms with E-state index >= 15 is 0 Å². The Labute approximate surface area is 173 Å². The summed E-state index contributed by atoms with van der Waals surface area (Å²) in [5.41, 5.74) is 1.59. The number of carbonyl (C=O) groups is 2. The molecule has 0 saturated carbocycles. The lowest BCUT2D eigenvalue weighted by Gasteiger charge is -2.18. The maximum atomic E-state index is 12.2. The van der Waals surface area contributed by atoms with Gasteiger partial charge in [-0.3, -0.25) is 9.59 Å². The van der Waals surface area contributed by atoms with Crippen LogP contribution < -0.4 is 19.7 Å². The van der Waals surface area contributed by atoms with Gasteiger partial charge in [0, 0.05) is 24.7 Å². The molecule has 1 aliphatic rings. The minimum absolute atomic E-state index is 0.0459. The second-order valence-corrected chi connectivity index (χ2v) is 6.77. The molecular weight excluding hydrogens is 394 g/mol. The summed E-state index contributed by atoms with van der Waals surface area (Å²) in [4.78, 5) is 25.8. The third-order valence-corrected chi connectivity index (χ3v) is 4.63. The summed E-state index contributed by atoms with van der Waals surface area (Å²) in [7, 11) is 0. The predicted octanol–water partition coefficient (Wildman–Crippen LogP) is 3.75. The average molecular weight is 414 g/mol. The Bertz CT molecular complexity index is 971. The smallest absolute Gasteiger partial charge is 0.262 e. The molecule has 1 saturated heterocycles. The van der Waals surface area contributed by atoms with Gasteiger partial charge < -0.3 is 19.7 Å². The van der Waals surface area contributed by atoms with Crippen molar-refractivity contribution in [1.82, 2.24) is 0 Å². The molecule has 1 fully saturated rings. The van der Waals surface area contributed by atoms with Crippen molar-refractivity contribution in [2.45, 2.75) is 19.8 Å². The number of anilines is 2. The Hall–Kier alpha value is -3.24. The lowest BCUT2D eigenvalue weighted by Crippen LogP contribution is -2.24. The van der Waals surface area contributed by atoms with Gasteiger partial charge in [0.15, 0.2) is 18.1 Å². The van der Waals surface area contributed by atoms with Gasteiger partial charge >= 0.3 is 0 Å². The molecule has 1 heterocycles. The van der Waals surface area contributed by atoms with Gasteiger partial charge in [0.2, 0.25) is 5.91 Å². The average Bonchev–Trinajstić information content (AvgIpc) is 3.13. The van der Waals surface area contributed by atoms with Crippen LogP contribution in [0.5, 0.6) is 11.5 Å². The van der Waals surface area contributed by atoms with Crippen molar-refractivity contribution in [3.8, 4) is 17.6 Å². The molecule has 1 N–H and O–H groups in total. The number of ether oxygens (including phenoxy) is 2. The van der Waals surface area contributed by atoms with E-state index in [0.29, 0.717) is 53.0 Å². The van der Waals surface area contributed by atoms with E-state index in [1.807, 2.05) is 13.0 Å². The molecule has 2 aromatic rings. The van der Waals surface area contributed by atoms with E-state index in [-0.39, 0.29) is 18.4 Å². The number of carbonyl (C=O) groups excluding carboxylic acids is 2. The third kappa shape index (κ3) is 4.98. The fourth-order valence-corrected chi connectivity index (χ4v) is 3.29. The summed E-state index contributed by atoms with van der Waals surface area (Å²) >= 11 is 6.30. The maximum absolute atomic E-state index is 12.2. The molecule has 0 unspecified atom stereocenters. The molecule has 0 aliphatic carbocycles. The second kappa shape index (κ2) is 9.30. The van der Waals surface area contributed by atoms with Crippen molar-refractivity contribution in [2.24, 2.45) is 0 Å². The van der Waals surface area contributed by atoms with E-state index < -0.39 is 0 Å². The molecule has 2 amide bonds. The number of hydrogen-bond donors (Lipinski definition) is 1. The van der Waals surface area contributed by atoms with E-state index in [1.165, 1.54) is 0 Å². The highest BCUT2D eigenvalue weighted by Gasteiger charge is 2.23. The molecule has 150 valence electrons. The van der Waals surface area contributed by atoms with E-state index in [0.717, 1.165) is 6.42 Å². The van der Waals surface area contributed by atoms with Crippen LogP contribution in [0.2, 0.25) is 5.02 Å². The Morgan fingerprint density at radius 1 is 1.24 bits per heavy atom. The Kier molecular flexibility index (Phi) is 6.57. The van der Waals surface area contributed by atoms with Gasteiger partial charge in [-0.05, 0) is 43.7 Å². The highest BCUT2D eigenvalue weighted by atomic mass is 35.5. The van der Waals surface area contributed by atoms with Crippen LogP contribution in [-0.2, 0) is 9.59 Å². The molecule has 2 aromatic carbocycles. The number of amides is 2.